The molecule has 7 heteroatoms. The number of carbonyl (C=O) groups excluding carboxylic acids is 2. The van der Waals surface area contributed by atoms with Gasteiger partial charge < -0.3 is 20.5 Å². The lowest BCUT2D eigenvalue weighted by atomic mass is 10.1. The van der Waals surface area contributed by atoms with Crippen molar-refractivity contribution in [2.45, 2.75) is 27.7 Å². The first-order chi connectivity index (χ1) is 11.6. The van der Waals surface area contributed by atoms with Crippen LogP contribution >= 0.6 is 0 Å². The maximum absolute atomic E-state index is 12.4. The molecule has 0 bridgehead atoms. The third-order valence-electron chi connectivity index (χ3n) is 4.63. The number of rotatable bonds is 6. The fraction of sp³-hybridized carbons (Fsp3) is 0.500. The van der Waals surface area contributed by atoms with Gasteiger partial charge in [-0.1, -0.05) is 27.7 Å². The van der Waals surface area contributed by atoms with Gasteiger partial charge in [0.25, 0.3) is 0 Å². The predicted octanol–water partition coefficient (Wildman–Crippen LogP) is 2.59. The maximum Gasteiger partial charge on any atom is 0.307 e. The summed E-state index contributed by atoms with van der Waals surface area (Å²) in [6, 6.07) is 4.88. The molecule has 25 heavy (non-hydrogen) atoms. The number of ether oxygens (including phenoxy) is 1. The Kier molecular flexibility index (Phi) is 5.06. The molecule has 2 atom stereocenters. The monoisotopic (exact) mass is 348 g/mol. The largest absolute Gasteiger partial charge is 0.494 e. The van der Waals surface area contributed by atoms with Crippen LogP contribution in [0.1, 0.15) is 27.7 Å². The van der Waals surface area contributed by atoms with E-state index in [-0.39, 0.29) is 17.7 Å². The average Bonchev–Trinajstić information content (AvgIpc) is 3.11. The van der Waals surface area contributed by atoms with Crippen LogP contribution in [-0.2, 0) is 14.4 Å². The third kappa shape index (κ3) is 3.75. The number of methoxy groups -OCH3 is 1. The van der Waals surface area contributed by atoms with Crippen LogP contribution in [0.4, 0.5) is 11.4 Å². The summed E-state index contributed by atoms with van der Waals surface area (Å²) in [7, 11) is 1.47. The second-order valence-electron chi connectivity index (χ2n) is 7.16. The minimum atomic E-state index is -0.963. The molecule has 136 valence electrons. The number of benzene rings is 1. The zero-order chi connectivity index (χ0) is 18.9. The lowest BCUT2D eigenvalue weighted by molar-refractivity contribution is -0.140. The number of carboxylic acids is 1. The van der Waals surface area contributed by atoms with Gasteiger partial charge in [0.1, 0.15) is 5.75 Å². The fourth-order valence-electron chi connectivity index (χ4n) is 2.96. The fourth-order valence-corrected chi connectivity index (χ4v) is 2.96. The molecule has 0 heterocycles. The number of nitrogens with one attached hydrogen (secondary N) is 2. The molecule has 1 fully saturated rings. The van der Waals surface area contributed by atoms with Gasteiger partial charge in [0.05, 0.1) is 24.6 Å². The molecule has 0 saturated heterocycles. The van der Waals surface area contributed by atoms with E-state index >= 15 is 0 Å². The van der Waals surface area contributed by atoms with Crippen molar-refractivity contribution >= 4 is 29.2 Å². The number of hydrogen-bond donors (Lipinski definition) is 3. The van der Waals surface area contributed by atoms with E-state index in [0.717, 1.165) is 0 Å². The summed E-state index contributed by atoms with van der Waals surface area (Å²) in [5, 5.41) is 14.7. The average molecular weight is 348 g/mol. The highest BCUT2D eigenvalue weighted by Gasteiger charge is 2.65. The summed E-state index contributed by atoms with van der Waals surface area (Å²) in [5.74, 6) is -2.45. The van der Waals surface area contributed by atoms with E-state index in [0.29, 0.717) is 17.1 Å². The van der Waals surface area contributed by atoms with E-state index in [1.807, 2.05) is 0 Å². The van der Waals surface area contributed by atoms with E-state index in [1.54, 1.807) is 45.9 Å². The maximum atomic E-state index is 12.4. The zero-order valence-corrected chi connectivity index (χ0v) is 15.0. The molecule has 0 spiro atoms. The zero-order valence-electron chi connectivity index (χ0n) is 15.0. The van der Waals surface area contributed by atoms with Gasteiger partial charge in [0.15, 0.2) is 0 Å². The van der Waals surface area contributed by atoms with E-state index in [9.17, 15) is 19.5 Å². The number of anilines is 2. The number of carbonyl (C=O) groups is 3. The molecular formula is C18H24N2O5. The van der Waals surface area contributed by atoms with Crippen molar-refractivity contribution in [3.8, 4) is 5.75 Å². The molecular weight excluding hydrogens is 324 g/mol. The SMILES string of the molecule is COc1cc(NC(=O)[C@@H]2[C@@H](C(=O)O)C2(C)C)ccc1NC(=O)C(C)C. The standard InChI is InChI=1S/C18H24N2O5/c1-9(2)15(21)20-11-7-6-10(8-12(11)25-5)19-16(22)13-14(17(23)24)18(13,3)4/h6-9,13-14H,1-5H3,(H,19,22)(H,20,21)(H,23,24)/t13-,14-/m0/s1. The Morgan fingerprint density at radius 2 is 1.80 bits per heavy atom. The van der Waals surface area contributed by atoms with Crippen LogP contribution in [0.3, 0.4) is 0 Å². The molecule has 1 aromatic rings. The van der Waals surface area contributed by atoms with Crippen LogP contribution in [0.2, 0.25) is 0 Å². The van der Waals surface area contributed by atoms with Crippen molar-refractivity contribution < 1.29 is 24.2 Å². The van der Waals surface area contributed by atoms with Crippen LogP contribution in [0.15, 0.2) is 18.2 Å². The molecule has 1 aliphatic carbocycles. The second-order valence-corrected chi connectivity index (χ2v) is 7.16. The van der Waals surface area contributed by atoms with Crippen molar-refractivity contribution in [1.82, 2.24) is 0 Å². The summed E-state index contributed by atoms with van der Waals surface area (Å²) >= 11 is 0. The quantitative estimate of drug-likeness (QED) is 0.733. The van der Waals surface area contributed by atoms with Crippen LogP contribution in [0, 0.1) is 23.2 Å². The van der Waals surface area contributed by atoms with Gasteiger partial charge in [-0.3, -0.25) is 14.4 Å². The lowest BCUT2D eigenvalue weighted by Crippen LogP contribution is -2.19. The van der Waals surface area contributed by atoms with Crippen LogP contribution in [0.5, 0.6) is 5.75 Å². The van der Waals surface area contributed by atoms with E-state index in [4.69, 9.17) is 4.74 Å². The molecule has 1 saturated carbocycles. The van der Waals surface area contributed by atoms with Gasteiger partial charge in [-0.25, -0.2) is 0 Å². The molecule has 2 rings (SSSR count). The first-order valence-electron chi connectivity index (χ1n) is 8.12. The Hall–Kier alpha value is -2.57. The first kappa shape index (κ1) is 18.8. The third-order valence-corrected chi connectivity index (χ3v) is 4.63. The number of aliphatic carboxylic acids is 1. The molecule has 0 radical (unpaired) electrons. The molecule has 0 aromatic heterocycles. The smallest absolute Gasteiger partial charge is 0.307 e. The highest BCUT2D eigenvalue weighted by Crippen LogP contribution is 2.58. The Morgan fingerprint density at radius 3 is 2.28 bits per heavy atom. The molecule has 0 unspecified atom stereocenters. The summed E-state index contributed by atoms with van der Waals surface area (Å²) < 4.78 is 5.26. The number of amides is 2. The van der Waals surface area contributed by atoms with Crippen LogP contribution < -0.4 is 15.4 Å². The molecule has 3 N–H and O–H groups in total. The Labute approximate surface area is 146 Å². The van der Waals surface area contributed by atoms with Crippen LogP contribution in [-0.4, -0.2) is 30.0 Å². The first-order valence-corrected chi connectivity index (χ1v) is 8.12. The Morgan fingerprint density at radius 1 is 1.16 bits per heavy atom. The van der Waals surface area contributed by atoms with Crippen molar-refractivity contribution in [1.29, 1.82) is 0 Å². The van der Waals surface area contributed by atoms with E-state index in [2.05, 4.69) is 10.6 Å². The van der Waals surface area contributed by atoms with Gasteiger partial charge in [-0.05, 0) is 17.5 Å². The normalized spacial score (nSPS) is 20.7. The van der Waals surface area contributed by atoms with Crippen molar-refractivity contribution in [2.24, 2.45) is 23.2 Å². The van der Waals surface area contributed by atoms with E-state index < -0.39 is 23.2 Å². The molecule has 2 amide bonds. The number of hydrogen-bond acceptors (Lipinski definition) is 4. The predicted molar refractivity (Wildman–Crippen MR) is 93.5 cm³/mol. The van der Waals surface area contributed by atoms with Crippen molar-refractivity contribution in [3.05, 3.63) is 18.2 Å². The van der Waals surface area contributed by atoms with Crippen LogP contribution in [0.25, 0.3) is 0 Å². The Bertz CT molecular complexity index is 711. The summed E-state index contributed by atoms with van der Waals surface area (Å²) in [4.78, 5) is 35.4. The Balaban J connectivity index is 2.12. The van der Waals surface area contributed by atoms with Gasteiger partial charge in [-0.2, -0.15) is 0 Å². The topological polar surface area (TPSA) is 105 Å². The van der Waals surface area contributed by atoms with E-state index in [1.165, 1.54) is 7.11 Å². The van der Waals surface area contributed by atoms with Crippen molar-refractivity contribution in [3.63, 3.8) is 0 Å². The molecule has 0 aliphatic heterocycles. The van der Waals surface area contributed by atoms with Gasteiger partial charge in [0, 0.05) is 17.7 Å². The van der Waals surface area contributed by atoms with Crippen molar-refractivity contribution in [2.75, 3.05) is 17.7 Å². The lowest BCUT2D eigenvalue weighted by Gasteiger charge is -2.14. The summed E-state index contributed by atoms with van der Waals surface area (Å²) in [6.45, 7) is 7.10. The van der Waals surface area contributed by atoms with Gasteiger partial charge in [0.2, 0.25) is 11.8 Å². The minimum Gasteiger partial charge on any atom is -0.494 e. The molecule has 1 aromatic carbocycles. The van der Waals surface area contributed by atoms with Gasteiger partial charge in [-0.15, -0.1) is 0 Å². The summed E-state index contributed by atoms with van der Waals surface area (Å²) in [5.41, 5.74) is 0.427. The van der Waals surface area contributed by atoms with Gasteiger partial charge >= 0.3 is 5.97 Å². The molecule has 7 nitrogen and oxygen atoms in total. The highest BCUT2D eigenvalue weighted by atomic mass is 16.5. The molecule has 1 aliphatic rings. The second kappa shape index (κ2) is 6.74. The highest BCUT2D eigenvalue weighted by molar-refractivity contribution is 6.00. The summed E-state index contributed by atoms with van der Waals surface area (Å²) in [6.07, 6.45) is 0. The minimum absolute atomic E-state index is 0.140. The number of carboxylic acid groups (broad SMARTS) is 1.